The number of carbonyl (C=O) groups is 3. The number of Topliss-reactive ketones (excluding diaryl/α,β-unsaturated/α-hetero) is 3. The lowest BCUT2D eigenvalue weighted by Gasteiger charge is -2.37. The number of carbonyl (C=O) groups excluding carboxylic acids is 3. The van der Waals surface area contributed by atoms with Gasteiger partial charge < -0.3 is 4.90 Å². The lowest BCUT2D eigenvalue weighted by molar-refractivity contribution is -0.384. The fourth-order valence-electron chi connectivity index (χ4n) is 6.91. The van der Waals surface area contributed by atoms with Crippen LogP contribution in [0.15, 0.2) is 103 Å². The monoisotopic (exact) mass is 560 g/mol. The number of anilines is 1. The maximum Gasteiger partial charge on any atom is 0.269 e. The average molecular weight is 561 g/mol. The Morgan fingerprint density at radius 2 is 1.44 bits per heavy atom. The fourth-order valence-corrected chi connectivity index (χ4v) is 7.16. The van der Waals surface area contributed by atoms with Gasteiger partial charge in [0.1, 0.15) is 11.5 Å². The van der Waals surface area contributed by atoms with Crippen LogP contribution in [-0.2, 0) is 0 Å². The Morgan fingerprint density at radius 1 is 0.829 bits per heavy atom. The number of hydrogen-bond donors (Lipinski definition) is 0. The average Bonchev–Trinajstić information content (AvgIpc) is 3.43. The lowest BCUT2D eigenvalue weighted by Crippen LogP contribution is -2.48. The van der Waals surface area contributed by atoms with E-state index in [0.717, 1.165) is 5.56 Å². The molecule has 1 spiro atoms. The molecule has 4 aromatic rings. The van der Waals surface area contributed by atoms with E-state index in [4.69, 9.17) is 11.6 Å². The maximum absolute atomic E-state index is 14.6. The third-order valence-corrected chi connectivity index (χ3v) is 8.93. The molecule has 4 aromatic carbocycles. The van der Waals surface area contributed by atoms with E-state index in [1.807, 2.05) is 41.3 Å². The molecule has 1 saturated heterocycles. The molecule has 3 aliphatic rings. The Labute approximate surface area is 239 Å². The molecule has 7 rings (SSSR count). The summed E-state index contributed by atoms with van der Waals surface area (Å²) in [5.74, 6) is -2.01. The van der Waals surface area contributed by atoms with Crippen LogP contribution >= 0.6 is 11.6 Å². The van der Waals surface area contributed by atoms with Gasteiger partial charge in [-0.2, -0.15) is 0 Å². The van der Waals surface area contributed by atoms with Gasteiger partial charge in [0.2, 0.25) is 0 Å². The first kappa shape index (κ1) is 25.1. The van der Waals surface area contributed by atoms with Gasteiger partial charge in [0.15, 0.2) is 17.3 Å². The van der Waals surface area contributed by atoms with Gasteiger partial charge in [-0.15, -0.1) is 0 Å². The van der Waals surface area contributed by atoms with Crippen LogP contribution in [0.1, 0.15) is 48.1 Å². The largest absolute Gasteiger partial charge is 0.352 e. The van der Waals surface area contributed by atoms with Gasteiger partial charge in [-0.25, -0.2) is 0 Å². The number of fused-ring (bicyclic) bond motifs is 5. The van der Waals surface area contributed by atoms with Crippen LogP contribution in [0.4, 0.5) is 11.4 Å². The summed E-state index contributed by atoms with van der Waals surface area (Å²) >= 11 is 6.80. The minimum atomic E-state index is -1.67. The fraction of sp³-hybridized carbons (Fsp3) is 0.121. The highest BCUT2D eigenvalue weighted by atomic mass is 35.5. The number of hydrogen-bond acceptors (Lipinski definition) is 6. The Kier molecular flexibility index (Phi) is 5.56. The van der Waals surface area contributed by atoms with Gasteiger partial charge >= 0.3 is 0 Å². The van der Waals surface area contributed by atoms with Crippen molar-refractivity contribution < 1.29 is 19.3 Å². The van der Waals surface area contributed by atoms with E-state index in [2.05, 4.69) is 0 Å². The number of nitro groups is 1. The van der Waals surface area contributed by atoms with E-state index in [1.54, 1.807) is 48.5 Å². The van der Waals surface area contributed by atoms with E-state index in [1.165, 1.54) is 24.3 Å². The molecule has 1 aliphatic carbocycles. The molecule has 0 saturated carbocycles. The topological polar surface area (TPSA) is 97.6 Å². The first-order chi connectivity index (χ1) is 19.9. The molecule has 0 radical (unpaired) electrons. The summed E-state index contributed by atoms with van der Waals surface area (Å²) in [7, 11) is 0. The number of non-ortho nitro benzene ring substituents is 1. The molecule has 41 heavy (non-hydrogen) atoms. The summed E-state index contributed by atoms with van der Waals surface area (Å²) in [5.41, 5.74) is 1.14. The summed E-state index contributed by atoms with van der Waals surface area (Å²) in [5, 5.41) is 11.6. The summed E-state index contributed by atoms with van der Waals surface area (Å²) in [6.07, 6.45) is 3.74. The molecule has 8 heteroatoms. The van der Waals surface area contributed by atoms with E-state index in [9.17, 15) is 24.5 Å². The van der Waals surface area contributed by atoms with Gasteiger partial charge in [0.05, 0.1) is 11.0 Å². The van der Waals surface area contributed by atoms with Crippen molar-refractivity contribution in [3.63, 3.8) is 0 Å². The highest BCUT2D eigenvalue weighted by molar-refractivity contribution is 6.34. The first-order valence-electron chi connectivity index (χ1n) is 13.1. The van der Waals surface area contributed by atoms with Crippen LogP contribution < -0.4 is 4.90 Å². The smallest absolute Gasteiger partial charge is 0.269 e. The third kappa shape index (κ3) is 3.36. The van der Waals surface area contributed by atoms with Crippen LogP contribution in [0, 0.1) is 15.5 Å². The van der Waals surface area contributed by atoms with Crippen LogP contribution in [0.25, 0.3) is 6.08 Å². The number of nitro benzene ring substituents is 1. The zero-order chi connectivity index (χ0) is 28.5. The maximum atomic E-state index is 14.6. The molecular formula is C33H21ClN2O5. The van der Waals surface area contributed by atoms with Crippen molar-refractivity contribution in [2.24, 2.45) is 5.41 Å². The molecule has 3 unspecified atom stereocenters. The molecule has 0 amide bonds. The number of para-hydroxylation sites is 1. The summed E-state index contributed by atoms with van der Waals surface area (Å²) < 4.78 is 0. The van der Waals surface area contributed by atoms with E-state index in [0.29, 0.717) is 27.4 Å². The molecule has 200 valence electrons. The predicted octanol–water partition coefficient (Wildman–Crippen LogP) is 6.56. The van der Waals surface area contributed by atoms with Gasteiger partial charge in [-0.3, -0.25) is 24.5 Å². The van der Waals surface area contributed by atoms with Crippen molar-refractivity contribution in [3.05, 3.63) is 146 Å². The van der Waals surface area contributed by atoms with Gasteiger partial charge in [-0.1, -0.05) is 84.4 Å². The van der Waals surface area contributed by atoms with E-state index in [-0.39, 0.29) is 28.6 Å². The summed E-state index contributed by atoms with van der Waals surface area (Å²) in [4.78, 5) is 56.5. The van der Waals surface area contributed by atoms with Crippen molar-refractivity contribution in [1.29, 1.82) is 0 Å². The Bertz CT molecular complexity index is 1790. The molecule has 7 nitrogen and oxygen atoms in total. The van der Waals surface area contributed by atoms with E-state index < -0.39 is 28.3 Å². The highest BCUT2D eigenvalue weighted by Crippen LogP contribution is 2.61. The predicted molar refractivity (Wildman–Crippen MR) is 155 cm³/mol. The standard InChI is InChI=1S/C33H21ClN2O5/c34-25-11-5-4-10-24(25)28-29(30(37)20-13-16-21(17-14-20)36(40)41)35-26-12-6-1-7-19(26)15-18-27(35)33(28)31(38)22-8-2-3-9-23(22)32(33)39/h1-18,27-29H. The van der Waals surface area contributed by atoms with Gasteiger partial charge in [0, 0.05) is 45.5 Å². The second-order valence-electron chi connectivity index (χ2n) is 10.5. The SMILES string of the molecule is O=C(c1ccc([N+](=O)[O-])cc1)C1C(c2ccccc2Cl)C2(C(=O)c3ccccc3C2=O)C2C=Cc3ccccc3N12. The molecule has 0 bridgehead atoms. The van der Waals surface area contributed by atoms with Gasteiger partial charge in [-0.05, 0) is 35.4 Å². The Morgan fingerprint density at radius 3 is 2.10 bits per heavy atom. The summed E-state index contributed by atoms with van der Waals surface area (Å²) in [6, 6.07) is 24.9. The summed E-state index contributed by atoms with van der Waals surface area (Å²) in [6.45, 7) is 0. The first-order valence-corrected chi connectivity index (χ1v) is 13.5. The molecule has 2 heterocycles. The molecule has 1 fully saturated rings. The van der Waals surface area contributed by atoms with Crippen molar-refractivity contribution in [2.75, 3.05) is 4.90 Å². The minimum Gasteiger partial charge on any atom is -0.352 e. The van der Waals surface area contributed by atoms with Crippen molar-refractivity contribution >= 4 is 46.4 Å². The number of halogens is 1. The van der Waals surface area contributed by atoms with Crippen molar-refractivity contribution in [1.82, 2.24) is 0 Å². The van der Waals surface area contributed by atoms with E-state index >= 15 is 0 Å². The Hall–Kier alpha value is -4.88. The number of nitrogens with zero attached hydrogens (tertiary/aromatic N) is 2. The third-order valence-electron chi connectivity index (χ3n) is 8.58. The molecule has 0 N–H and O–H groups in total. The lowest BCUT2D eigenvalue weighted by atomic mass is 9.64. The Balaban J connectivity index is 1.53. The molecule has 0 aromatic heterocycles. The normalized spacial score (nSPS) is 21.5. The van der Waals surface area contributed by atoms with Crippen molar-refractivity contribution in [3.8, 4) is 0 Å². The molecule has 3 atom stereocenters. The van der Waals surface area contributed by atoms with Crippen LogP contribution in [0.5, 0.6) is 0 Å². The minimum absolute atomic E-state index is 0.146. The van der Waals surface area contributed by atoms with Crippen molar-refractivity contribution in [2.45, 2.75) is 18.0 Å². The van der Waals surface area contributed by atoms with Gasteiger partial charge in [0.25, 0.3) is 5.69 Å². The highest BCUT2D eigenvalue weighted by Gasteiger charge is 2.71. The quantitative estimate of drug-likeness (QED) is 0.121. The second-order valence-corrected chi connectivity index (χ2v) is 10.9. The van der Waals surface area contributed by atoms with Crippen LogP contribution in [-0.4, -0.2) is 34.4 Å². The molecule has 2 aliphatic heterocycles. The second kappa shape index (κ2) is 9.08. The van der Waals surface area contributed by atoms with Crippen LogP contribution in [0.2, 0.25) is 5.02 Å². The number of ketones is 3. The molecular weight excluding hydrogens is 540 g/mol. The van der Waals surface area contributed by atoms with Crippen LogP contribution in [0.3, 0.4) is 0 Å². The zero-order valence-corrected chi connectivity index (χ0v) is 22.2. The zero-order valence-electron chi connectivity index (χ0n) is 21.4. The number of benzene rings is 4. The number of rotatable bonds is 4.